The molecule has 0 bridgehead atoms. The van der Waals surface area contributed by atoms with Crippen molar-refractivity contribution in [3.8, 4) is 0 Å². The van der Waals surface area contributed by atoms with Crippen LogP contribution >= 0.6 is 23.2 Å². The van der Waals surface area contributed by atoms with E-state index in [4.69, 9.17) is 23.2 Å². The summed E-state index contributed by atoms with van der Waals surface area (Å²) >= 11 is 12.0. The van der Waals surface area contributed by atoms with Gasteiger partial charge in [-0.05, 0) is 39.0 Å². The molecule has 3 atom stereocenters. The van der Waals surface area contributed by atoms with Crippen molar-refractivity contribution in [1.82, 2.24) is 30.0 Å². The van der Waals surface area contributed by atoms with Gasteiger partial charge >= 0.3 is 25.0 Å². The Morgan fingerprint density at radius 2 is 1.82 bits per heavy atom. The summed E-state index contributed by atoms with van der Waals surface area (Å²) in [6.07, 6.45) is -2.78. The third-order valence-electron chi connectivity index (χ3n) is 6.59. The molecular formula is C25H24Cl2F3LiN6O3. The zero-order valence-electron chi connectivity index (χ0n) is 22.1. The number of carbonyl (C=O) groups excluding carboxylic acids is 2. The number of amides is 1. The molecule has 3 heterocycles. The molecule has 15 heteroatoms. The molecule has 40 heavy (non-hydrogen) atoms. The minimum Gasteiger partial charge on any atom is -0.543 e. The van der Waals surface area contributed by atoms with Gasteiger partial charge in [-0.3, -0.25) is 9.48 Å². The van der Waals surface area contributed by atoms with Gasteiger partial charge in [0.25, 0.3) is 5.91 Å². The molecule has 1 aromatic carbocycles. The number of hydrogen-bond donors (Lipinski definition) is 1. The van der Waals surface area contributed by atoms with Crippen molar-refractivity contribution in [2.75, 3.05) is 6.54 Å². The van der Waals surface area contributed by atoms with Crippen LogP contribution in [0, 0.1) is 0 Å². The number of halogens is 5. The molecule has 2 aromatic heterocycles. The number of carboxylic acids is 1. The summed E-state index contributed by atoms with van der Waals surface area (Å²) in [7, 11) is 0. The Morgan fingerprint density at radius 3 is 2.40 bits per heavy atom. The predicted octanol–water partition coefficient (Wildman–Crippen LogP) is 0.865. The first kappa shape index (κ1) is 31.9. The van der Waals surface area contributed by atoms with Gasteiger partial charge in [0.15, 0.2) is 0 Å². The number of rotatable bonds is 7. The molecule has 1 unspecified atom stereocenters. The van der Waals surface area contributed by atoms with E-state index in [0.29, 0.717) is 40.7 Å². The number of hydrogen-bond acceptors (Lipinski definition) is 7. The van der Waals surface area contributed by atoms with Crippen LogP contribution < -0.4 is 29.3 Å². The second-order valence-electron chi connectivity index (χ2n) is 9.43. The summed E-state index contributed by atoms with van der Waals surface area (Å²) in [5, 5.41) is 20.4. The van der Waals surface area contributed by atoms with Crippen LogP contribution in [0.1, 0.15) is 76.3 Å². The van der Waals surface area contributed by atoms with Crippen molar-refractivity contribution in [2.24, 2.45) is 0 Å². The summed E-state index contributed by atoms with van der Waals surface area (Å²) in [6, 6.07) is 3.25. The van der Waals surface area contributed by atoms with Crippen molar-refractivity contribution >= 4 is 35.1 Å². The van der Waals surface area contributed by atoms with Crippen LogP contribution in [0.5, 0.6) is 0 Å². The second-order valence-corrected chi connectivity index (χ2v) is 10.2. The minimum absolute atomic E-state index is 0. The van der Waals surface area contributed by atoms with Gasteiger partial charge in [0.1, 0.15) is 5.82 Å². The summed E-state index contributed by atoms with van der Waals surface area (Å²) in [5.74, 6) is -1.62. The van der Waals surface area contributed by atoms with Crippen molar-refractivity contribution in [3.05, 3.63) is 74.5 Å². The van der Waals surface area contributed by atoms with Crippen LogP contribution in [0.15, 0.2) is 30.6 Å². The Morgan fingerprint density at radius 1 is 1.18 bits per heavy atom. The van der Waals surface area contributed by atoms with Crippen molar-refractivity contribution in [2.45, 2.75) is 58.0 Å². The van der Waals surface area contributed by atoms with E-state index in [-0.39, 0.29) is 60.4 Å². The van der Waals surface area contributed by atoms with Crippen LogP contribution in [-0.2, 0) is 19.1 Å². The molecule has 1 amide bonds. The average Bonchev–Trinajstić information content (AvgIpc) is 3.26. The van der Waals surface area contributed by atoms with E-state index in [0.717, 1.165) is 0 Å². The Kier molecular flexibility index (Phi) is 9.96. The fourth-order valence-electron chi connectivity index (χ4n) is 4.40. The van der Waals surface area contributed by atoms with E-state index in [9.17, 15) is 27.9 Å². The summed E-state index contributed by atoms with van der Waals surface area (Å²) in [6.45, 7) is 5.47. The number of carbonyl (C=O) groups is 2. The molecule has 0 saturated heterocycles. The first-order chi connectivity index (χ1) is 18.3. The fraction of sp³-hybridized carbons (Fsp3) is 0.400. The molecule has 0 spiro atoms. The molecule has 3 aromatic rings. The third kappa shape index (κ3) is 6.64. The van der Waals surface area contributed by atoms with Crippen molar-refractivity contribution in [1.29, 1.82) is 0 Å². The van der Waals surface area contributed by atoms with Crippen LogP contribution in [0.2, 0.25) is 10.0 Å². The Balaban J connectivity index is 0.00000441. The van der Waals surface area contributed by atoms with Gasteiger partial charge in [0, 0.05) is 42.5 Å². The van der Waals surface area contributed by atoms with Crippen LogP contribution in [0.3, 0.4) is 0 Å². The first-order valence-corrected chi connectivity index (χ1v) is 12.7. The fourth-order valence-corrected chi connectivity index (χ4v) is 4.70. The largest absolute Gasteiger partial charge is 1.00 e. The molecule has 1 aliphatic heterocycles. The maximum absolute atomic E-state index is 13.2. The maximum atomic E-state index is 13.2. The van der Waals surface area contributed by atoms with E-state index in [1.807, 2.05) is 6.92 Å². The third-order valence-corrected chi connectivity index (χ3v) is 7.32. The number of nitrogens with one attached hydrogen (secondary N) is 1. The zero-order chi connectivity index (χ0) is 28.6. The monoisotopic (exact) mass is 590 g/mol. The van der Waals surface area contributed by atoms with Gasteiger partial charge < -0.3 is 20.1 Å². The van der Waals surface area contributed by atoms with Gasteiger partial charge in [0.05, 0.1) is 51.6 Å². The van der Waals surface area contributed by atoms with E-state index in [1.165, 1.54) is 16.8 Å². The summed E-state index contributed by atoms with van der Waals surface area (Å²) in [5.41, 5.74) is 0.155. The topological polar surface area (TPSA) is 116 Å². The number of alkyl halides is 3. The predicted molar refractivity (Wildman–Crippen MR) is 134 cm³/mol. The van der Waals surface area contributed by atoms with Gasteiger partial charge in [-0.15, -0.1) is 0 Å². The van der Waals surface area contributed by atoms with Gasteiger partial charge in [-0.25, -0.2) is 9.97 Å². The number of fused-ring (bicyclic) bond motifs is 1. The standard InChI is InChI=1S/C25H25Cl2F3N6O3.Li/c1-12-6-20-17(11-35(12)23(37)15-4-5-18(26)19(27)7-15)21(24(38)39)36(34-20)13(2)8-31-14(3)22-32-9-16(10-33-22)25(28,29)30;/h4-5,7,9-10,12-14,31H,6,8,11H2,1-3H3,(H,38,39);/q;+1/p-1/t12-,13-,14?;/m1./s1. The number of aromatic nitrogens is 4. The summed E-state index contributed by atoms with van der Waals surface area (Å²) in [4.78, 5) is 34.6. The molecular weight excluding hydrogens is 567 g/mol. The van der Waals surface area contributed by atoms with Gasteiger partial charge in [-0.1, -0.05) is 23.2 Å². The molecule has 0 aliphatic carbocycles. The van der Waals surface area contributed by atoms with Crippen molar-refractivity contribution < 1.29 is 46.7 Å². The van der Waals surface area contributed by atoms with E-state index < -0.39 is 29.8 Å². The quantitative estimate of drug-likeness (QED) is 0.406. The molecule has 0 radical (unpaired) electrons. The first-order valence-electron chi connectivity index (χ1n) is 12.0. The molecule has 9 nitrogen and oxygen atoms in total. The van der Waals surface area contributed by atoms with Crippen LogP contribution in [0.4, 0.5) is 13.2 Å². The average molecular weight is 591 g/mol. The van der Waals surface area contributed by atoms with E-state index in [1.54, 1.807) is 24.8 Å². The maximum Gasteiger partial charge on any atom is 1.00 e. The van der Waals surface area contributed by atoms with E-state index >= 15 is 0 Å². The SMILES string of the molecule is CC(NC[C@@H](C)n1nc2c(c1C(=O)[O-])CN(C(=O)c1ccc(Cl)c(Cl)c1)[C@H](C)C2)c1ncc(C(F)(F)F)cn1.[Li+]. The number of carboxylic acid groups (broad SMARTS) is 1. The molecule has 1 N–H and O–H groups in total. The molecule has 0 saturated carbocycles. The molecule has 0 fully saturated rings. The summed E-state index contributed by atoms with van der Waals surface area (Å²) < 4.78 is 39.7. The van der Waals surface area contributed by atoms with Gasteiger partial charge in [0.2, 0.25) is 0 Å². The smallest absolute Gasteiger partial charge is 0.543 e. The zero-order valence-corrected chi connectivity index (χ0v) is 23.6. The minimum atomic E-state index is -4.54. The Labute approximate surface area is 250 Å². The van der Waals surface area contributed by atoms with Crippen molar-refractivity contribution in [3.63, 3.8) is 0 Å². The number of aromatic carboxylic acids is 1. The Hall–Kier alpha value is -2.62. The number of benzene rings is 1. The molecule has 208 valence electrons. The van der Waals surface area contributed by atoms with E-state index in [2.05, 4.69) is 20.4 Å². The molecule has 4 rings (SSSR count). The second kappa shape index (κ2) is 12.5. The van der Waals surface area contributed by atoms with Crippen LogP contribution in [-0.4, -0.2) is 49.1 Å². The molecule has 1 aliphatic rings. The number of nitrogens with zero attached hydrogens (tertiary/aromatic N) is 5. The van der Waals surface area contributed by atoms with Gasteiger partial charge in [-0.2, -0.15) is 18.3 Å². The Bertz CT molecular complexity index is 1400. The normalized spacial score (nSPS) is 16.6. The van der Waals surface area contributed by atoms with Crippen LogP contribution in [0.25, 0.3) is 0 Å².